The minimum Gasteiger partial charge on any atom is -0.311 e. The van der Waals surface area contributed by atoms with Crippen LogP contribution >= 0.6 is 0 Å². The van der Waals surface area contributed by atoms with Gasteiger partial charge in [-0.05, 0) is 220 Å². The Labute approximate surface area is 521 Å². The minimum absolute atomic E-state index is 0.00363. The molecule has 0 saturated carbocycles. The third kappa shape index (κ3) is 7.53. The molecule has 6 aliphatic rings. The van der Waals surface area contributed by atoms with Crippen molar-refractivity contribution in [2.45, 2.75) is 195 Å². The van der Waals surface area contributed by atoms with Gasteiger partial charge in [-0.25, -0.2) is 0 Å². The Bertz CT molecular complexity index is 4500. The Balaban J connectivity index is 1.12. The zero-order valence-electron chi connectivity index (χ0n) is 55.8. The van der Waals surface area contributed by atoms with E-state index in [4.69, 9.17) is 0 Å². The number of anilines is 6. The molecular weight excluding hydrogens is 1050 g/mol. The molecule has 0 aromatic heterocycles. The summed E-state index contributed by atoms with van der Waals surface area (Å²) in [6.45, 7) is 48.7. The first-order valence-corrected chi connectivity index (χ1v) is 32.7. The van der Waals surface area contributed by atoms with Crippen LogP contribution in [0.2, 0.25) is 0 Å². The summed E-state index contributed by atoms with van der Waals surface area (Å²) in [4.78, 5) is 5.54. The van der Waals surface area contributed by atoms with E-state index in [0.29, 0.717) is 0 Å². The van der Waals surface area contributed by atoms with Gasteiger partial charge in [0.25, 0.3) is 6.71 Å². The summed E-state index contributed by atoms with van der Waals surface area (Å²) in [5.41, 5.74) is 38.3. The number of fused-ring (bicyclic) bond motifs is 12. The number of hydrogen-bond donors (Lipinski definition) is 0. The molecule has 2 aliphatic heterocycles. The predicted molar refractivity (Wildman–Crippen MR) is 373 cm³/mol. The average molecular weight is 1140 g/mol. The highest BCUT2D eigenvalue weighted by atomic mass is 15.2. The fourth-order valence-corrected chi connectivity index (χ4v) is 18.1. The summed E-state index contributed by atoms with van der Waals surface area (Å²) in [6, 6.07) is 61.8. The van der Waals surface area contributed by atoms with Crippen molar-refractivity contribution in [2.75, 3.05) is 9.80 Å². The molecule has 4 aliphatic carbocycles. The molecule has 0 atom stereocenters. The summed E-state index contributed by atoms with van der Waals surface area (Å²) >= 11 is 0. The number of rotatable bonds is 3. The number of aryl methyl sites for hydroxylation is 3. The lowest BCUT2D eigenvalue weighted by Gasteiger charge is -2.49. The zero-order chi connectivity index (χ0) is 61.6. The van der Waals surface area contributed by atoms with Crippen LogP contribution < -0.4 is 26.2 Å². The maximum Gasteiger partial charge on any atom is 0.252 e. The summed E-state index contributed by atoms with van der Waals surface area (Å²) < 4.78 is 0. The zero-order valence-corrected chi connectivity index (χ0v) is 55.8. The van der Waals surface area contributed by atoms with Crippen LogP contribution in [0.3, 0.4) is 0 Å². The van der Waals surface area contributed by atoms with Gasteiger partial charge in [0.2, 0.25) is 0 Å². The van der Waals surface area contributed by atoms with Crippen LogP contribution in [-0.2, 0) is 43.3 Å². The molecule has 9 aromatic carbocycles. The number of benzene rings is 9. The summed E-state index contributed by atoms with van der Waals surface area (Å²) in [7, 11) is 0. The quantitative estimate of drug-likeness (QED) is 0.163. The third-order valence-electron chi connectivity index (χ3n) is 23.5. The minimum atomic E-state index is -0.270. The molecule has 2 heterocycles. The van der Waals surface area contributed by atoms with Gasteiger partial charge < -0.3 is 9.80 Å². The standard InChI is InChI=1S/C84H89BN2/c1-48-26-25-27-49(2)75(48)51-39-73-76-74(40-51)87(70-46-64-63(38-50(70)3)78(7,8)36-37-79(64,9)10)72-45-62-55(54-41-52(77(4,5)6)32-34-56(54)80(62,11)12)43-68(72)85(76)69-44-66-67(84(19,20)60-31-24-23-30-59(60)83(66,17)18)47-71(69)86(73)53-33-35-61-65(42-53)82(15,16)58-29-22-21-28-57(58)81(61,13)14/h21-35,38-47H,36-37H2,1-20H3. The molecule has 0 amide bonds. The van der Waals surface area contributed by atoms with Crippen molar-refractivity contribution < 1.29 is 0 Å². The molecule has 0 unspecified atom stereocenters. The molecule has 0 bridgehead atoms. The van der Waals surface area contributed by atoms with Gasteiger partial charge in [-0.3, -0.25) is 0 Å². The van der Waals surface area contributed by atoms with Crippen molar-refractivity contribution in [1.82, 2.24) is 0 Å². The topological polar surface area (TPSA) is 6.48 Å². The summed E-state index contributed by atoms with van der Waals surface area (Å²) in [6.07, 6.45) is 2.32. The third-order valence-corrected chi connectivity index (χ3v) is 23.5. The monoisotopic (exact) mass is 1140 g/mol. The van der Waals surface area contributed by atoms with Gasteiger partial charge in [0.15, 0.2) is 0 Å². The molecule has 87 heavy (non-hydrogen) atoms. The lowest BCUT2D eigenvalue weighted by atomic mass is 9.32. The maximum absolute atomic E-state index is 2.79. The van der Waals surface area contributed by atoms with E-state index < -0.39 is 0 Å². The second-order valence-corrected chi connectivity index (χ2v) is 32.6. The summed E-state index contributed by atoms with van der Waals surface area (Å²) in [5, 5.41) is 0. The van der Waals surface area contributed by atoms with Crippen LogP contribution in [0.1, 0.15) is 220 Å². The van der Waals surface area contributed by atoms with Gasteiger partial charge >= 0.3 is 0 Å². The molecule has 0 N–H and O–H groups in total. The molecule has 0 fully saturated rings. The molecular formula is C84H89BN2. The smallest absolute Gasteiger partial charge is 0.252 e. The van der Waals surface area contributed by atoms with Crippen molar-refractivity contribution in [3.05, 3.63) is 241 Å². The Morgan fingerprint density at radius 3 is 1.36 bits per heavy atom. The lowest BCUT2D eigenvalue weighted by molar-refractivity contribution is 0.332. The maximum atomic E-state index is 2.79. The SMILES string of the molecule is Cc1cc2c(cc1N1c3cc4c(cc3B3c5cc6c(cc5N(c5ccc7c(c5)C(C)(C)c5ccccc5C7(C)C)c5cc(-c7c(C)cccc7C)cc1c53)C(C)(C)c1ccccc1C6(C)C)-c1cc(C(C)(C)C)ccc1C4(C)C)C(C)(C)CCC2(C)C. The van der Waals surface area contributed by atoms with Crippen LogP contribution in [0, 0.1) is 20.8 Å². The van der Waals surface area contributed by atoms with Gasteiger partial charge in [0, 0.05) is 61.2 Å². The molecule has 3 heteroatoms. The van der Waals surface area contributed by atoms with Crippen LogP contribution in [0.5, 0.6) is 0 Å². The molecule has 438 valence electrons. The molecule has 2 nitrogen and oxygen atoms in total. The first-order chi connectivity index (χ1) is 40.8. The number of hydrogen-bond acceptors (Lipinski definition) is 2. The van der Waals surface area contributed by atoms with E-state index >= 15 is 0 Å². The van der Waals surface area contributed by atoms with Crippen molar-refractivity contribution in [3.63, 3.8) is 0 Å². The largest absolute Gasteiger partial charge is 0.311 e. The van der Waals surface area contributed by atoms with Crippen LogP contribution in [-0.4, -0.2) is 6.71 Å². The van der Waals surface area contributed by atoms with E-state index in [0.717, 1.165) is 6.42 Å². The molecule has 0 saturated heterocycles. The van der Waals surface area contributed by atoms with E-state index in [-0.39, 0.29) is 50.0 Å². The molecule has 9 aromatic rings. The fraction of sp³-hybridized carbons (Fsp3) is 0.357. The van der Waals surface area contributed by atoms with Crippen molar-refractivity contribution in [1.29, 1.82) is 0 Å². The average Bonchev–Trinajstić information content (AvgIpc) is 1.45. The van der Waals surface area contributed by atoms with E-state index in [1.807, 2.05) is 0 Å². The highest BCUT2D eigenvalue weighted by Gasteiger charge is 2.51. The van der Waals surface area contributed by atoms with Crippen molar-refractivity contribution in [3.8, 4) is 22.3 Å². The first-order valence-electron chi connectivity index (χ1n) is 32.7. The van der Waals surface area contributed by atoms with Gasteiger partial charge in [-0.2, -0.15) is 0 Å². The Morgan fingerprint density at radius 1 is 0.345 bits per heavy atom. The second-order valence-electron chi connectivity index (χ2n) is 32.6. The van der Waals surface area contributed by atoms with Crippen LogP contribution in [0.15, 0.2) is 152 Å². The Kier molecular flexibility index (Phi) is 11.4. The van der Waals surface area contributed by atoms with E-state index in [1.165, 1.54) is 168 Å². The first kappa shape index (κ1) is 56.2. The highest BCUT2D eigenvalue weighted by molar-refractivity contribution is 7.00. The second kappa shape index (κ2) is 17.7. The van der Waals surface area contributed by atoms with Crippen molar-refractivity contribution >= 4 is 57.2 Å². The molecule has 0 radical (unpaired) electrons. The van der Waals surface area contributed by atoms with E-state index in [1.54, 1.807) is 0 Å². The Hall–Kier alpha value is -7.36. The lowest BCUT2D eigenvalue weighted by Crippen LogP contribution is -2.62. The van der Waals surface area contributed by atoms with Gasteiger partial charge in [0.05, 0.1) is 0 Å². The predicted octanol–water partition coefficient (Wildman–Crippen LogP) is 20.2. The molecule has 0 spiro atoms. The Morgan fingerprint density at radius 2 is 0.782 bits per heavy atom. The van der Waals surface area contributed by atoms with E-state index in [2.05, 4.69) is 300 Å². The number of nitrogens with zero attached hydrogens (tertiary/aromatic N) is 2. The van der Waals surface area contributed by atoms with Crippen molar-refractivity contribution in [2.24, 2.45) is 0 Å². The van der Waals surface area contributed by atoms with E-state index in [9.17, 15) is 0 Å². The fourth-order valence-electron chi connectivity index (χ4n) is 18.1. The van der Waals surface area contributed by atoms with Gasteiger partial charge in [0.1, 0.15) is 0 Å². The van der Waals surface area contributed by atoms with Crippen LogP contribution in [0.25, 0.3) is 22.3 Å². The summed E-state index contributed by atoms with van der Waals surface area (Å²) in [5.74, 6) is 0. The van der Waals surface area contributed by atoms with Gasteiger partial charge in [-0.1, -0.05) is 227 Å². The highest BCUT2D eigenvalue weighted by Crippen LogP contribution is 2.59. The normalized spacial score (nSPS) is 19.1. The molecule has 15 rings (SSSR count). The van der Waals surface area contributed by atoms with Gasteiger partial charge in [-0.15, -0.1) is 0 Å². The van der Waals surface area contributed by atoms with Crippen LogP contribution in [0.4, 0.5) is 34.1 Å².